The summed E-state index contributed by atoms with van der Waals surface area (Å²) in [5.74, 6) is 0.766. The van der Waals surface area contributed by atoms with E-state index in [2.05, 4.69) is 47.5 Å². The maximum atomic E-state index is 11.4. The Morgan fingerprint density at radius 3 is 2.75 bits per heavy atom. The molecule has 0 saturated carbocycles. The van der Waals surface area contributed by atoms with Crippen molar-refractivity contribution in [3.63, 3.8) is 0 Å². The molecular formula is C16H26N2OS. The summed E-state index contributed by atoms with van der Waals surface area (Å²) in [6.07, 6.45) is 4.22. The minimum atomic E-state index is -0.716. The highest BCUT2D eigenvalue weighted by Gasteiger charge is 2.28. The number of hydrogen-bond donors (Lipinski definition) is 1. The van der Waals surface area contributed by atoms with Crippen molar-refractivity contribution < 1.29 is 4.21 Å². The van der Waals surface area contributed by atoms with Gasteiger partial charge in [0.15, 0.2) is 0 Å². The third-order valence-electron chi connectivity index (χ3n) is 3.98. The Bertz CT molecular complexity index is 424. The van der Waals surface area contributed by atoms with E-state index >= 15 is 0 Å². The topological polar surface area (TPSA) is 32.3 Å². The number of rotatable bonds is 6. The lowest BCUT2D eigenvalue weighted by molar-refractivity contribution is 0.134. The highest BCUT2D eigenvalue weighted by atomic mass is 32.2. The van der Waals surface area contributed by atoms with E-state index < -0.39 is 10.8 Å². The maximum Gasteiger partial charge on any atom is 0.0473 e. The van der Waals surface area contributed by atoms with Crippen LogP contribution in [0.5, 0.6) is 0 Å². The molecule has 20 heavy (non-hydrogen) atoms. The summed E-state index contributed by atoms with van der Waals surface area (Å²) < 4.78 is 11.4. The van der Waals surface area contributed by atoms with Gasteiger partial charge in [0.1, 0.15) is 0 Å². The number of piperazine rings is 1. The summed E-state index contributed by atoms with van der Waals surface area (Å²) in [7, 11) is -0.716. The molecule has 1 aliphatic heterocycles. The molecule has 1 saturated heterocycles. The predicted molar refractivity (Wildman–Crippen MR) is 86.4 cm³/mol. The van der Waals surface area contributed by atoms with Gasteiger partial charge >= 0.3 is 0 Å². The van der Waals surface area contributed by atoms with Crippen LogP contribution in [-0.2, 0) is 10.8 Å². The summed E-state index contributed by atoms with van der Waals surface area (Å²) >= 11 is 0. The molecule has 0 aromatic heterocycles. The van der Waals surface area contributed by atoms with Gasteiger partial charge in [-0.05, 0) is 12.0 Å². The molecule has 3 nitrogen and oxygen atoms in total. The van der Waals surface area contributed by atoms with E-state index in [0.717, 1.165) is 25.4 Å². The normalized spacial score (nSPS) is 25.5. The molecule has 0 aliphatic carbocycles. The minimum Gasteiger partial charge on any atom is -0.311 e. The first kappa shape index (κ1) is 15.7. The van der Waals surface area contributed by atoms with Gasteiger partial charge in [-0.1, -0.05) is 43.7 Å². The average Bonchev–Trinajstić information content (AvgIpc) is 2.46. The monoisotopic (exact) mass is 294 g/mol. The number of hydrogen-bond acceptors (Lipinski definition) is 3. The molecule has 1 aromatic rings. The van der Waals surface area contributed by atoms with Crippen LogP contribution in [0.4, 0.5) is 0 Å². The van der Waals surface area contributed by atoms with Crippen molar-refractivity contribution in [3.05, 3.63) is 35.9 Å². The number of nitrogens with one attached hydrogen (secondary N) is 1. The predicted octanol–water partition coefficient (Wildman–Crippen LogP) is 2.18. The van der Waals surface area contributed by atoms with Crippen LogP contribution in [0.3, 0.4) is 0 Å². The molecular weight excluding hydrogens is 268 g/mol. The largest absolute Gasteiger partial charge is 0.311 e. The lowest BCUT2D eigenvalue weighted by Crippen LogP contribution is -2.53. The lowest BCUT2D eigenvalue weighted by Gasteiger charge is -2.40. The van der Waals surface area contributed by atoms with Crippen molar-refractivity contribution in [1.29, 1.82) is 0 Å². The van der Waals surface area contributed by atoms with Crippen molar-refractivity contribution in [3.8, 4) is 0 Å². The molecule has 1 N–H and O–H groups in total. The molecule has 3 atom stereocenters. The molecule has 1 fully saturated rings. The van der Waals surface area contributed by atoms with Crippen LogP contribution in [0.25, 0.3) is 0 Å². The van der Waals surface area contributed by atoms with E-state index in [-0.39, 0.29) is 0 Å². The average molecular weight is 294 g/mol. The second kappa shape index (κ2) is 7.91. The second-order valence-electron chi connectivity index (χ2n) is 5.59. The molecule has 1 heterocycles. The van der Waals surface area contributed by atoms with E-state index in [4.69, 9.17) is 0 Å². The molecule has 2 rings (SSSR count). The number of benzene rings is 1. The van der Waals surface area contributed by atoms with Gasteiger partial charge in [0.25, 0.3) is 0 Å². The molecule has 112 valence electrons. The summed E-state index contributed by atoms with van der Waals surface area (Å²) in [6, 6.07) is 11.6. The fraction of sp³-hybridized carbons (Fsp3) is 0.625. The highest BCUT2D eigenvalue weighted by molar-refractivity contribution is 7.84. The van der Waals surface area contributed by atoms with Gasteiger partial charge in [0.05, 0.1) is 0 Å². The Hall–Kier alpha value is -0.710. The van der Waals surface area contributed by atoms with Crippen LogP contribution < -0.4 is 5.32 Å². The molecule has 0 spiro atoms. The van der Waals surface area contributed by atoms with E-state index in [1.165, 1.54) is 18.4 Å². The van der Waals surface area contributed by atoms with Crippen LogP contribution >= 0.6 is 0 Å². The number of nitrogens with zero attached hydrogens (tertiary/aromatic N) is 1. The van der Waals surface area contributed by atoms with E-state index in [1.54, 1.807) is 6.26 Å². The fourth-order valence-corrected chi connectivity index (χ4v) is 3.41. The van der Waals surface area contributed by atoms with E-state index in [0.29, 0.717) is 12.1 Å². The molecule has 0 amide bonds. The van der Waals surface area contributed by atoms with Gasteiger partial charge < -0.3 is 5.32 Å². The smallest absolute Gasteiger partial charge is 0.0473 e. The Balaban J connectivity index is 2.06. The first-order valence-corrected chi connectivity index (χ1v) is 9.25. The Labute approximate surface area is 125 Å². The van der Waals surface area contributed by atoms with Gasteiger partial charge in [-0.15, -0.1) is 0 Å². The third-order valence-corrected chi connectivity index (χ3v) is 4.74. The molecule has 1 aliphatic rings. The minimum absolute atomic E-state index is 0.410. The molecule has 0 bridgehead atoms. The third kappa shape index (κ3) is 4.40. The van der Waals surface area contributed by atoms with Crippen LogP contribution in [0.2, 0.25) is 0 Å². The van der Waals surface area contributed by atoms with Gasteiger partial charge in [-0.2, -0.15) is 0 Å². The molecule has 4 heteroatoms. The summed E-state index contributed by atoms with van der Waals surface area (Å²) in [5, 5.41) is 3.67. The van der Waals surface area contributed by atoms with Gasteiger partial charge in [0.2, 0.25) is 0 Å². The Morgan fingerprint density at radius 1 is 1.35 bits per heavy atom. The van der Waals surface area contributed by atoms with Crippen molar-refractivity contribution in [1.82, 2.24) is 10.2 Å². The van der Waals surface area contributed by atoms with Crippen LogP contribution in [0, 0.1) is 0 Å². The van der Waals surface area contributed by atoms with Crippen LogP contribution in [-0.4, -0.2) is 46.8 Å². The summed E-state index contributed by atoms with van der Waals surface area (Å²) in [4.78, 5) is 2.51. The van der Waals surface area contributed by atoms with Crippen molar-refractivity contribution in [2.24, 2.45) is 0 Å². The lowest BCUT2D eigenvalue weighted by atomic mass is 9.99. The molecule has 1 aromatic carbocycles. The van der Waals surface area contributed by atoms with E-state index in [1.807, 2.05) is 0 Å². The van der Waals surface area contributed by atoms with Gasteiger partial charge in [0, 0.05) is 54.5 Å². The zero-order valence-corrected chi connectivity index (χ0v) is 13.4. The first-order valence-electron chi connectivity index (χ1n) is 7.53. The quantitative estimate of drug-likeness (QED) is 0.873. The van der Waals surface area contributed by atoms with Gasteiger partial charge in [-0.25, -0.2) is 0 Å². The van der Waals surface area contributed by atoms with Gasteiger partial charge in [-0.3, -0.25) is 9.11 Å². The Kier molecular flexibility index (Phi) is 6.20. The van der Waals surface area contributed by atoms with E-state index in [9.17, 15) is 4.21 Å². The van der Waals surface area contributed by atoms with Crippen molar-refractivity contribution >= 4 is 10.8 Å². The molecule has 3 unspecified atom stereocenters. The fourth-order valence-electron chi connectivity index (χ4n) is 2.92. The highest BCUT2D eigenvalue weighted by Crippen LogP contribution is 2.24. The second-order valence-corrected chi connectivity index (χ2v) is 7.15. The SMILES string of the molecule is CCCC1CN(CCS(C)=O)C(c2ccccc2)CN1. The Morgan fingerprint density at radius 2 is 2.10 bits per heavy atom. The van der Waals surface area contributed by atoms with Crippen molar-refractivity contribution in [2.75, 3.05) is 31.6 Å². The first-order chi connectivity index (χ1) is 9.70. The standard InChI is InChI=1S/C16H26N2OS/c1-3-7-15-13-18(10-11-20(2)19)16(12-17-15)14-8-5-4-6-9-14/h4-6,8-9,15-17H,3,7,10-13H2,1-2H3. The summed E-state index contributed by atoms with van der Waals surface area (Å²) in [5.41, 5.74) is 1.36. The molecule has 0 radical (unpaired) electrons. The van der Waals surface area contributed by atoms with Crippen molar-refractivity contribution in [2.45, 2.75) is 31.8 Å². The van der Waals surface area contributed by atoms with Crippen LogP contribution in [0.1, 0.15) is 31.4 Å². The van der Waals surface area contributed by atoms with Crippen LogP contribution in [0.15, 0.2) is 30.3 Å². The zero-order valence-electron chi connectivity index (χ0n) is 12.5. The zero-order chi connectivity index (χ0) is 14.4. The summed E-state index contributed by atoms with van der Waals surface area (Å²) in [6.45, 7) is 5.20. The maximum absolute atomic E-state index is 11.4.